The smallest absolute Gasteiger partial charge is 0.0465 e. The third-order valence-corrected chi connectivity index (χ3v) is 6.23. The van der Waals surface area contributed by atoms with Gasteiger partial charge in [-0.05, 0) is 96.6 Å². The van der Waals surface area contributed by atoms with Gasteiger partial charge in [-0.2, -0.15) is 0 Å². The summed E-state index contributed by atoms with van der Waals surface area (Å²) in [6.07, 6.45) is 11.6. The number of benzene rings is 1. The van der Waals surface area contributed by atoms with Crippen LogP contribution in [0.15, 0.2) is 0 Å². The summed E-state index contributed by atoms with van der Waals surface area (Å²) >= 11 is 0. The van der Waals surface area contributed by atoms with Crippen LogP contribution in [0.3, 0.4) is 0 Å². The summed E-state index contributed by atoms with van der Waals surface area (Å²) in [6.45, 7) is 5.17. The molecule has 0 heterocycles. The number of aliphatic hydroxyl groups is 2. The van der Waals surface area contributed by atoms with Crippen LogP contribution in [-0.4, -0.2) is 23.4 Å². The number of hydrogen-bond donors (Lipinski definition) is 2. The molecule has 0 amide bonds. The minimum atomic E-state index is 0.318. The van der Waals surface area contributed by atoms with E-state index in [-0.39, 0.29) is 0 Å². The van der Waals surface area contributed by atoms with Gasteiger partial charge in [-0.3, -0.25) is 0 Å². The summed E-state index contributed by atoms with van der Waals surface area (Å²) in [4.78, 5) is 0. The molecule has 1 aromatic carbocycles. The molecular weight excluding hydrogens is 296 g/mol. The topological polar surface area (TPSA) is 40.5 Å². The van der Waals surface area contributed by atoms with Crippen LogP contribution in [0.1, 0.15) is 72.9 Å². The summed E-state index contributed by atoms with van der Waals surface area (Å²) in [7, 11) is 0. The normalized spacial score (nSPS) is 17.5. The van der Waals surface area contributed by atoms with Crippen LogP contribution >= 0.6 is 0 Å². The van der Waals surface area contributed by atoms with Crippen LogP contribution in [0.5, 0.6) is 0 Å². The molecular formula is C22H34O2. The second kappa shape index (κ2) is 8.01. The van der Waals surface area contributed by atoms with Gasteiger partial charge in [0.15, 0.2) is 0 Å². The molecule has 2 nitrogen and oxygen atoms in total. The number of hydrogen-bond acceptors (Lipinski definition) is 2. The molecule has 2 aliphatic rings. The average molecular weight is 331 g/mol. The Bertz CT molecular complexity index is 488. The maximum atomic E-state index is 9.73. The highest BCUT2D eigenvalue weighted by Crippen LogP contribution is 2.42. The van der Waals surface area contributed by atoms with Gasteiger partial charge in [0.1, 0.15) is 0 Å². The van der Waals surface area contributed by atoms with E-state index in [1.807, 2.05) is 0 Å². The van der Waals surface area contributed by atoms with Crippen molar-refractivity contribution in [2.24, 2.45) is 11.8 Å². The van der Waals surface area contributed by atoms with Gasteiger partial charge in [-0.25, -0.2) is 0 Å². The van der Waals surface area contributed by atoms with Crippen molar-refractivity contribution in [3.05, 3.63) is 33.4 Å². The first-order valence-electron chi connectivity index (χ1n) is 10.1. The number of fused-ring (bicyclic) bond motifs is 2. The number of aliphatic hydroxyl groups excluding tert-OH is 2. The standard InChI is InChI=1S/C22H34O2/c1-3-5-7-17-19-9-15(13-23)11-21(19)18(8-6-4-2)22-12-16(14-24)10-20(17)22/h15-16,23-24H,3-14H2,1-2H3. The molecule has 2 aliphatic carbocycles. The first-order chi connectivity index (χ1) is 11.7. The fourth-order valence-corrected chi connectivity index (χ4v) is 4.95. The van der Waals surface area contributed by atoms with Crippen molar-refractivity contribution in [2.45, 2.75) is 78.1 Å². The second-order valence-electron chi connectivity index (χ2n) is 7.99. The van der Waals surface area contributed by atoms with E-state index >= 15 is 0 Å². The highest BCUT2D eigenvalue weighted by atomic mass is 16.3. The predicted octanol–water partition coefficient (Wildman–Crippen LogP) is 3.79. The van der Waals surface area contributed by atoms with Crippen LogP contribution in [0, 0.1) is 11.8 Å². The molecule has 0 saturated heterocycles. The molecule has 1 aromatic rings. The lowest BCUT2D eigenvalue weighted by atomic mass is 9.85. The minimum absolute atomic E-state index is 0.318. The van der Waals surface area contributed by atoms with Gasteiger partial charge in [0.05, 0.1) is 0 Å². The second-order valence-corrected chi connectivity index (χ2v) is 7.99. The molecule has 134 valence electrons. The van der Waals surface area contributed by atoms with Crippen molar-refractivity contribution >= 4 is 0 Å². The predicted molar refractivity (Wildman–Crippen MR) is 99.6 cm³/mol. The zero-order valence-corrected chi connectivity index (χ0v) is 15.5. The fourth-order valence-electron chi connectivity index (χ4n) is 4.95. The van der Waals surface area contributed by atoms with Crippen molar-refractivity contribution in [2.75, 3.05) is 13.2 Å². The van der Waals surface area contributed by atoms with E-state index in [4.69, 9.17) is 0 Å². The van der Waals surface area contributed by atoms with Crippen LogP contribution in [0.2, 0.25) is 0 Å². The lowest BCUT2D eigenvalue weighted by molar-refractivity contribution is 0.231. The third kappa shape index (κ3) is 3.28. The molecule has 0 atom stereocenters. The van der Waals surface area contributed by atoms with Gasteiger partial charge in [0.2, 0.25) is 0 Å². The Hall–Kier alpha value is -0.860. The molecule has 3 rings (SSSR count). The summed E-state index contributed by atoms with van der Waals surface area (Å²) in [6, 6.07) is 0. The van der Waals surface area contributed by atoms with E-state index in [9.17, 15) is 10.2 Å². The lowest BCUT2D eigenvalue weighted by Gasteiger charge is -2.20. The third-order valence-electron chi connectivity index (χ3n) is 6.23. The molecule has 0 radical (unpaired) electrons. The van der Waals surface area contributed by atoms with Gasteiger partial charge in [-0.15, -0.1) is 0 Å². The van der Waals surface area contributed by atoms with Gasteiger partial charge in [-0.1, -0.05) is 26.7 Å². The van der Waals surface area contributed by atoms with Crippen molar-refractivity contribution < 1.29 is 10.2 Å². The summed E-state index contributed by atoms with van der Waals surface area (Å²) in [5.74, 6) is 0.855. The molecule has 2 heteroatoms. The fraction of sp³-hybridized carbons (Fsp3) is 0.727. The maximum Gasteiger partial charge on any atom is 0.0465 e. The van der Waals surface area contributed by atoms with Gasteiger partial charge in [0.25, 0.3) is 0 Å². The largest absolute Gasteiger partial charge is 0.396 e. The first-order valence-corrected chi connectivity index (χ1v) is 10.1. The molecule has 2 N–H and O–H groups in total. The van der Waals surface area contributed by atoms with E-state index in [2.05, 4.69) is 13.8 Å². The van der Waals surface area contributed by atoms with Crippen molar-refractivity contribution in [3.8, 4) is 0 Å². The Morgan fingerprint density at radius 1 is 0.667 bits per heavy atom. The molecule has 0 saturated carbocycles. The molecule has 0 unspecified atom stereocenters. The average Bonchev–Trinajstić information content (AvgIpc) is 3.21. The maximum absolute atomic E-state index is 9.73. The molecule has 0 spiro atoms. The summed E-state index contributed by atoms with van der Waals surface area (Å²) in [5, 5.41) is 19.5. The van der Waals surface area contributed by atoms with E-state index in [0.717, 1.165) is 25.7 Å². The monoisotopic (exact) mass is 330 g/mol. The molecule has 0 aromatic heterocycles. The zero-order valence-electron chi connectivity index (χ0n) is 15.5. The Labute approximate surface area is 147 Å². The van der Waals surface area contributed by atoms with E-state index in [1.54, 1.807) is 33.4 Å². The molecule has 0 fully saturated rings. The molecule has 0 bridgehead atoms. The lowest BCUT2D eigenvalue weighted by Crippen LogP contribution is -2.07. The Morgan fingerprint density at radius 3 is 1.25 bits per heavy atom. The number of rotatable bonds is 8. The first kappa shape index (κ1) is 17.9. The molecule has 0 aliphatic heterocycles. The van der Waals surface area contributed by atoms with E-state index in [0.29, 0.717) is 25.0 Å². The quantitative estimate of drug-likeness (QED) is 0.761. The highest BCUT2D eigenvalue weighted by Gasteiger charge is 2.34. The summed E-state index contributed by atoms with van der Waals surface area (Å²) < 4.78 is 0. The number of unbranched alkanes of at least 4 members (excludes halogenated alkanes) is 2. The zero-order chi connectivity index (χ0) is 17.1. The van der Waals surface area contributed by atoms with Crippen LogP contribution in [-0.2, 0) is 38.5 Å². The van der Waals surface area contributed by atoms with Crippen LogP contribution < -0.4 is 0 Å². The molecule has 24 heavy (non-hydrogen) atoms. The summed E-state index contributed by atoms with van der Waals surface area (Å²) in [5.41, 5.74) is 9.57. The Balaban J connectivity index is 2.07. The van der Waals surface area contributed by atoms with Gasteiger partial charge >= 0.3 is 0 Å². The highest BCUT2D eigenvalue weighted by molar-refractivity contribution is 5.56. The van der Waals surface area contributed by atoms with Crippen molar-refractivity contribution in [3.63, 3.8) is 0 Å². The van der Waals surface area contributed by atoms with Crippen LogP contribution in [0.25, 0.3) is 0 Å². The van der Waals surface area contributed by atoms with E-state index < -0.39 is 0 Å². The van der Waals surface area contributed by atoms with Crippen molar-refractivity contribution in [1.29, 1.82) is 0 Å². The Morgan fingerprint density at radius 2 is 1.00 bits per heavy atom. The Kier molecular flexibility index (Phi) is 5.99. The van der Waals surface area contributed by atoms with Crippen LogP contribution in [0.4, 0.5) is 0 Å². The van der Waals surface area contributed by atoms with Crippen molar-refractivity contribution in [1.82, 2.24) is 0 Å². The minimum Gasteiger partial charge on any atom is -0.396 e. The van der Waals surface area contributed by atoms with Gasteiger partial charge < -0.3 is 10.2 Å². The van der Waals surface area contributed by atoms with E-state index in [1.165, 1.54) is 38.5 Å². The SMILES string of the molecule is CCCCc1c2c(c(CCCC)c3c1CC(CO)C3)CC(CO)C2. The van der Waals surface area contributed by atoms with Gasteiger partial charge in [0, 0.05) is 13.2 Å².